The average Bonchev–Trinajstić information content (AvgIpc) is 3.79. The van der Waals surface area contributed by atoms with E-state index in [1.807, 2.05) is 24.3 Å². The molecule has 1 atom stereocenters. The summed E-state index contributed by atoms with van der Waals surface area (Å²) in [4.78, 5) is 15.3. The molecule has 6 nitrogen and oxygen atoms in total. The Bertz CT molecular complexity index is 1580. The molecule has 2 aromatic carbocycles. The number of fused-ring (bicyclic) bond motifs is 1. The lowest BCUT2D eigenvalue weighted by Gasteiger charge is -2.27. The molecule has 2 N–H and O–H groups in total. The van der Waals surface area contributed by atoms with Gasteiger partial charge in [-0.05, 0) is 94.8 Å². The summed E-state index contributed by atoms with van der Waals surface area (Å²) < 4.78 is 88.0. The maximum absolute atomic E-state index is 13.7. The summed E-state index contributed by atoms with van der Waals surface area (Å²) in [5.41, 5.74) is 5.33. The van der Waals surface area contributed by atoms with Crippen molar-refractivity contribution in [1.82, 2.24) is 15.0 Å². The smallest absolute Gasteiger partial charge is 0.416 e. The Morgan fingerprint density at radius 1 is 0.955 bits per heavy atom. The molecule has 0 bridgehead atoms. The van der Waals surface area contributed by atoms with Gasteiger partial charge in [0.2, 0.25) is 5.95 Å². The Morgan fingerprint density at radius 2 is 1.61 bits per heavy atom. The number of ether oxygens (including phenoxy) is 1. The maximum Gasteiger partial charge on any atom is 0.416 e. The van der Waals surface area contributed by atoms with Gasteiger partial charge in [-0.15, -0.1) is 0 Å². The second-order valence-electron chi connectivity index (χ2n) is 11.0. The minimum Gasteiger partial charge on any atom is -0.497 e. The van der Waals surface area contributed by atoms with E-state index in [4.69, 9.17) is 15.5 Å². The van der Waals surface area contributed by atoms with Crippen molar-refractivity contribution >= 4 is 32.8 Å². The van der Waals surface area contributed by atoms with Crippen molar-refractivity contribution in [2.24, 2.45) is 11.7 Å². The first-order chi connectivity index (χ1) is 20.8. The van der Waals surface area contributed by atoms with Crippen LogP contribution in [0.15, 0.2) is 59.3 Å². The Morgan fingerprint density at radius 3 is 2.18 bits per heavy atom. The number of hydrogen-bond donors (Lipinski definition) is 1. The molecular formula is C31H30BrF6N5O. The first-order valence-corrected chi connectivity index (χ1v) is 14.8. The molecule has 13 heteroatoms. The third kappa shape index (κ3) is 7.79. The van der Waals surface area contributed by atoms with E-state index in [0.717, 1.165) is 53.6 Å². The summed E-state index contributed by atoms with van der Waals surface area (Å²) in [5, 5.41) is 0.774. The van der Waals surface area contributed by atoms with Crippen molar-refractivity contribution < 1.29 is 31.1 Å². The maximum atomic E-state index is 13.7. The molecule has 2 aromatic heterocycles. The van der Waals surface area contributed by atoms with Crippen LogP contribution in [0.1, 0.15) is 59.5 Å². The van der Waals surface area contributed by atoms with Crippen LogP contribution >= 0.6 is 15.9 Å². The minimum absolute atomic E-state index is 0.0204. The zero-order valence-corrected chi connectivity index (χ0v) is 25.3. The number of anilines is 1. The molecule has 0 spiro atoms. The van der Waals surface area contributed by atoms with Crippen molar-refractivity contribution in [3.8, 4) is 5.75 Å². The van der Waals surface area contributed by atoms with E-state index in [-0.39, 0.29) is 36.6 Å². The third-order valence-electron chi connectivity index (χ3n) is 7.62. The van der Waals surface area contributed by atoms with E-state index in [0.29, 0.717) is 29.1 Å². The lowest BCUT2D eigenvalue weighted by Crippen LogP contribution is -2.26. The minimum atomic E-state index is -4.97. The van der Waals surface area contributed by atoms with Gasteiger partial charge in [0.05, 0.1) is 28.2 Å². The number of nitrogens with zero attached hydrogens (tertiary/aromatic N) is 4. The van der Waals surface area contributed by atoms with Crippen LogP contribution in [0.3, 0.4) is 0 Å². The van der Waals surface area contributed by atoms with Gasteiger partial charge in [-0.1, -0.05) is 12.8 Å². The fraction of sp³-hybridized carbons (Fsp3) is 0.387. The molecule has 2 heterocycles. The number of rotatable bonds is 11. The van der Waals surface area contributed by atoms with Crippen molar-refractivity contribution in [2.75, 3.05) is 18.6 Å². The highest BCUT2D eigenvalue weighted by Crippen LogP contribution is 2.41. The van der Waals surface area contributed by atoms with Crippen LogP contribution < -0.4 is 15.4 Å². The van der Waals surface area contributed by atoms with Crippen LogP contribution in [-0.2, 0) is 25.4 Å². The SMILES string of the molecule is COc1ccc2nc(C(CCN)CC3CC3)c(CN(Cc3cc(C(F)(F)F)cc(C(F)(F)F)c3)c3ncc(Br)cn3)cc2c1. The highest BCUT2D eigenvalue weighted by atomic mass is 79.9. The number of halogens is 7. The monoisotopic (exact) mass is 681 g/mol. The highest BCUT2D eigenvalue weighted by molar-refractivity contribution is 9.10. The normalized spacial score (nSPS) is 14.6. The standard InChI is InChI=1S/C31H30BrF6N5O/c1-44-26-4-5-27-21(12-26)11-22(28(42-27)20(6-7-39)8-18-2-3-18)17-43(29-40-14-25(32)15-41-29)16-19-9-23(30(33,34)35)13-24(10-19)31(36,37)38/h4-5,9-15,18,20H,2-3,6-8,16-17,39H2,1H3. The molecule has 234 valence electrons. The fourth-order valence-electron chi connectivity index (χ4n) is 5.35. The number of pyridine rings is 1. The molecule has 1 aliphatic carbocycles. The van der Waals surface area contributed by atoms with Gasteiger partial charge in [0.25, 0.3) is 0 Å². The topological polar surface area (TPSA) is 77.2 Å². The molecule has 44 heavy (non-hydrogen) atoms. The summed E-state index contributed by atoms with van der Waals surface area (Å²) in [6.07, 6.45) is -3.20. The summed E-state index contributed by atoms with van der Waals surface area (Å²) in [6.45, 7) is 0.179. The Kier molecular flexibility index (Phi) is 9.36. The number of aromatic nitrogens is 3. The first-order valence-electron chi connectivity index (χ1n) is 14.0. The van der Waals surface area contributed by atoms with E-state index in [9.17, 15) is 26.3 Å². The number of benzene rings is 2. The molecule has 1 unspecified atom stereocenters. The van der Waals surface area contributed by atoms with Crippen LogP contribution in [0.5, 0.6) is 5.75 Å². The zero-order chi connectivity index (χ0) is 31.6. The molecule has 0 saturated heterocycles. The second kappa shape index (κ2) is 12.9. The van der Waals surface area contributed by atoms with Crippen LogP contribution in [0, 0.1) is 5.92 Å². The quantitative estimate of drug-likeness (QED) is 0.161. The lowest BCUT2D eigenvalue weighted by atomic mass is 9.90. The zero-order valence-electron chi connectivity index (χ0n) is 23.7. The second-order valence-corrected chi connectivity index (χ2v) is 11.9. The summed E-state index contributed by atoms with van der Waals surface area (Å²) in [7, 11) is 1.55. The van der Waals surface area contributed by atoms with Gasteiger partial charge >= 0.3 is 12.4 Å². The van der Waals surface area contributed by atoms with Crippen LogP contribution in [0.2, 0.25) is 0 Å². The molecule has 5 rings (SSSR count). The summed E-state index contributed by atoms with van der Waals surface area (Å²) in [6, 6.07) is 9.02. The lowest BCUT2D eigenvalue weighted by molar-refractivity contribution is -0.143. The van der Waals surface area contributed by atoms with Gasteiger partial charge in [0.15, 0.2) is 0 Å². The van der Waals surface area contributed by atoms with Crippen LogP contribution in [-0.4, -0.2) is 28.6 Å². The molecule has 0 aliphatic heterocycles. The first kappa shape index (κ1) is 32.0. The molecular weight excluding hydrogens is 652 g/mol. The Balaban J connectivity index is 1.63. The van der Waals surface area contributed by atoms with E-state index < -0.39 is 23.5 Å². The molecule has 1 fully saturated rings. The summed E-state index contributed by atoms with van der Waals surface area (Å²) >= 11 is 3.28. The van der Waals surface area contributed by atoms with Gasteiger partial charge < -0.3 is 15.4 Å². The molecule has 1 saturated carbocycles. The molecule has 0 amide bonds. The van der Waals surface area contributed by atoms with E-state index in [1.54, 1.807) is 12.0 Å². The van der Waals surface area contributed by atoms with Crippen molar-refractivity contribution in [3.63, 3.8) is 0 Å². The largest absolute Gasteiger partial charge is 0.497 e. The number of alkyl halides is 6. The van der Waals surface area contributed by atoms with E-state index >= 15 is 0 Å². The van der Waals surface area contributed by atoms with Crippen molar-refractivity contribution in [3.05, 3.63) is 87.3 Å². The Labute approximate surface area is 258 Å². The van der Waals surface area contributed by atoms with Crippen molar-refractivity contribution in [2.45, 2.75) is 57.0 Å². The number of hydrogen-bond acceptors (Lipinski definition) is 6. The number of methoxy groups -OCH3 is 1. The van der Waals surface area contributed by atoms with Gasteiger partial charge in [0, 0.05) is 42.5 Å². The Hall–Kier alpha value is -3.45. The molecule has 4 aromatic rings. The molecule has 1 aliphatic rings. The van der Waals surface area contributed by atoms with Crippen molar-refractivity contribution in [1.29, 1.82) is 0 Å². The molecule has 0 radical (unpaired) electrons. The van der Waals surface area contributed by atoms with Crippen LogP contribution in [0.25, 0.3) is 10.9 Å². The predicted octanol–water partition coefficient (Wildman–Crippen LogP) is 8.27. The van der Waals surface area contributed by atoms with Crippen LogP contribution in [0.4, 0.5) is 32.3 Å². The van der Waals surface area contributed by atoms with E-state index in [2.05, 4.69) is 25.9 Å². The van der Waals surface area contributed by atoms with E-state index in [1.165, 1.54) is 12.4 Å². The third-order valence-corrected chi connectivity index (χ3v) is 8.03. The van der Waals surface area contributed by atoms with Gasteiger partial charge in [-0.25, -0.2) is 9.97 Å². The highest BCUT2D eigenvalue weighted by Gasteiger charge is 2.37. The predicted molar refractivity (Wildman–Crippen MR) is 158 cm³/mol. The number of nitrogens with two attached hydrogens (primary N) is 1. The average molecular weight is 683 g/mol. The van der Waals surface area contributed by atoms with Gasteiger partial charge in [0.1, 0.15) is 5.75 Å². The fourth-order valence-corrected chi connectivity index (χ4v) is 5.55. The van der Waals surface area contributed by atoms with Gasteiger partial charge in [-0.3, -0.25) is 4.98 Å². The summed E-state index contributed by atoms with van der Waals surface area (Å²) in [5.74, 6) is 1.33. The van der Waals surface area contributed by atoms with Gasteiger partial charge in [-0.2, -0.15) is 26.3 Å².